The average Bonchev–Trinajstić information content (AvgIpc) is 2.95. The van der Waals surface area contributed by atoms with Crippen LogP contribution in [0.1, 0.15) is 36.3 Å². The van der Waals surface area contributed by atoms with Gasteiger partial charge in [-0.25, -0.2) is 4.98 Å². The number of nitrogens with zero attached hydrogens (tertiary/aromatic N) is 3. The monoisotopic (exact) mass is 363 g/mol. The molecule has 1 unspecified atom stereocenters. The summed E-state index contributed by atoms with van der Waals surface area (Å²) in [6, 6.07) is 0. The zero-order valence-corrected chi connectivity index (χ0v) is 13.9. The minimum absolute atomic E-state index is 0.477. The predicted octanol–water partition coefficient (Wildman–Crippen LogP) is 3.61. The van der Waals surface area contributed by atoms with Crippen molar-refractivity contribution in [2.45, 2.75) is 39.3 Å². The minimum Gasteiger partial charge on any atom is -0.386 e. The van der Waals surface area contributed by atoms with Crippen molar-refractivity contribution in [3.8, 4) is 0 Å². The second-order valence-corrected chi connectivity index (χ2v) is 6.59. The Morgan fingerprint density at radius 2 is 2.26 bits per heavy atom. The van der Waals surface area contributed by atoms with Gasteiger partial charge in [0.05, 0.1) is 22.1 Å². The standard InChI is InChI=1S/C12H15BrClN3OS/c1-3-7-11(13)8(17(4-2)16-7)5-9(18)12-15-6-10(14)19-12/h6,9,18H,3-5H2,1-2H3. The van der Waals surface area contributed by atoms with Crippen molar-refractivity contribution in [2.75, 3.05) is 0 Å². The molecule has 2 aromatic heterocycles. The van der Waals surface area contributed by atoms with Crippen LogP contribution in [0, 0.1) is 0 Å². The number of hydrogen-bond acceptors (Lipinski definition) is 4. The van der Waals surface area contributed by atoms with Crippen LogP contribution in [0.5, 0.6) is 0 Å². The fraction of sp³-hybridized carbons (Fsp3) is 0.500. The molecule has 0 aliphatic heterocycles. The second-order valence-electron chi connectivity index (χ2n) is 4.10. The SMILES string of the molecule is CCc1nn(CC)c(CC(O)c2ncc(Cl)s2)c1Br. The number of aromatic nitrogens is 3. The van der Waals surface area contributed by atoms with Crippen molar-refractivity contribution in [2.24, 2.45) is 0 Å². The van der Waals surface area contributed by atoms with Gasteiger partial charge >= 0.3 is 0 Å². The van der Waals surface area contributed by atoms with E-state index < -0.39 is 6.10 Å². The molecule has 0 bridgehead atoms. The van der Waals surface area contributed by atoms with Crippen molar-refractivity contribution in [3.05, 3.63) is 31.4 Å². The molecular weight excluding hydrogens is 350 g/mol. The van der Waals surface area contributed by atoms with Gasteiger partial charge in [-0.05, 0) is 29.3 Å². The van der Waals surface area contributed by atoms with Crippen LogP contribution in [0.2, 0.25) is 4.34 Å². The smallest absolute Gasteiger partial charge is 0.123 e. The van der Waals surface area contributed by atoms with Gasteiger partial charge in [-0.15, -0.1) is 11.3 Å². The summed E-state index contributed by atoms with van der Waals surface area (Å²) in [5.74, 6) is 0. The van der Waals surface area contributed by atoms with E-state index in [-0.39, 0.29) is 0 Å². The Bertz CT molecular complexity index is 569. The fourth-order valence-corrected chi connectivity index (χ4v) is 3.55. The molecule has 104 valence electrons. The molecule has 0 aliphatic carbocycles. The molecule has 0 saturated heterocycles. The summed E-state index contributed by atoms with van der Waals surface area (Å²) in [4.78, 5) is 4.12. The molecule has 4 nitrogen and oxygen atoms in total. The Labute approximate surface area is 129 Å². The minimum atomic E-state index is -0.652. The Morgan fingerprint density at radius 1 is 1.53 bits per heavy atom. The lowest BCUT2D eigenvalue weighted by Crippen LogP contribution is -2.08. The normalized spacial score (nSPS) is 12.9. The lowest BCUT2D eigenvalue weighted by Gasteiger charge is -2.09. The van der Waals surface area contributed by atoms with Gasteiger partial charge in [-0.3, -0.25) is 4.68 Å². The molecule has 2 rings (SSSR count). The Morgan fingerprint density at radius 3 is 2.79 bits per heavy atom. The molecule has 2 heterocycles. The number of aliphatic hydroxyl groups excluding tert-OH is 1. The summed E-state index contributed by atoms with van der Waals surface area (Å²) < 4.78 is 3.49. The van der Waals surface area contributed by atoms with Gasteiger partial charge in [-0.1, -0.05) is 18.5 Å². The highest BCUT2D eigenvalue weighted by Crippen LogP contribution is 2.30. The maximum absolute atomic E-state index is 10.2. The molecule has 7 heteroatoms. The van der Waals surface area contributed by atoms with E-state index in [1.54, 1.807) is 6.20 Å². The van der Waals surface area contributed by atoms with E-state index in [1.165, 1.54) is 11.3 Å². The van der Waals surface area contributed by atoms with E-state index in [0.717, 1.165) is 28.8 Å². The molecule has 0 radical (unpaired) electrons. The van der Waals surface area contributed by atoms with Gasteiger partial charge in [0.15, 0.2) is 0 Å². The summed E-state index contributed by atoms with van der Waals surface area (Å²) in [7, 11) is 0. The molecule has 2 aromatic rings. The zero-order chi connectivity index (χ0) is 14.0. The molecular formula is C12H15BrClN3OS. The lowest BCUT2D eigenvalue weighted by molar-refractivity contribution is 0.174. The largest absolute Gasteiger partial charge is 0.386 e. The first-order chi connectivity index (χ1) is 9.06. The first-order valence-electron chi connectivity index (χ1n) is 6.10. The van der Waals surface area contributed by atoms with Crippen LogP contribution in [-0.4, -0.2) is 19.9 Å². The third-order valence-electron chi connectivity index (χ3n) is 2.86. The summed E-state index contributed by atoms with van der Waals surface area (Å²) in [5.41, 5.74) is 2.01. The first kappa shape index (κ1) is 15.0. The highest BCUT2D eigenvalue weighted by Gasteiger charge is 2.20. The third kappa shape index (κ3) is 3.18. The van der Waals surface area contributed by atoms with Crippen molar-refractivity contribution in [1.82, 2.24) is 14.8 Å². The third-order valence-corrected chi connectivity index (χ3v) is 4.99. The maximum atomic E-state index is 10.2. The van der Waals surface area contributed by atoms with Crippen LogP contribution < -0.4 is 0 Å². The fourth-order valence-electron chi connectivity index (χ4n) is 1.90. The Kier molecular flexibility index (Phi) is 5.00. The van der Waals surface area contributed by atoms with Crippen LogP contribution in [-0.2, 0) is 19.4 Å². The maximum Gasteiger partial charge on any atom is 0.123 e. The van der Waals surface area contributed by atoms with Crippen LogP contribution in [0.3, 0.4) is 0 Å². The Balaban J connectivity index is 2.25. The molecule has 19 heavy (non-hydrogen) atoms. The highest BCUT2D eigenvalue weighted by atomic mass is 79.9. The van der Waals surface area contributed by atoms with Crippen molar-refractivity contribution in [1.29, 1.82) is 0 Å². The average molecular weight is 365 g/mol. The van der Waals surface area contributed by atoms with Crippen LogP contribution >= 0.6 is 38.9 Å². The topological polar surface area (TPSA) is 50.9 Å². The molecule has 0 saturated carbocycles. The molecule has 1 atom stereocenters. The Hall–Kier alpha value is -0.430. The number of hydrogen-bond donors (Lipinski definition) is 1. The van der Waals surface area contributed by atoms with Gasteiger partial charge in [0.25, 0.3) is 0 Å². The summed E-state index contributed by atoms with van der Waals surface area (Å²) in [6.07, 6.45) is 2.25. The summed E-state index contributed by atoms with van der Waals surface area (Å²) in [5, 5.41) is 15.4. The van der Waals surface area contributed by atoms with E-state index >= 15 is 0 Å². The van der Waals surface area contributed by atoms with Crippen molar-refractivity contribution < 1.29 is 5.11 Å². The number of aryl methyl sites for hydroxylation is 2. The molecule has 0 amide bonds. The summed E-state index contributed by atoms with van der Waals surface area (Å²) in [6.45, 7) is 4.88. The molecule has 0 aliphatic rings. The second kappa shape index (κ2) is 6.35. The van der Waals surface area contributed by atoms with Gasteiger partial charge in [0.1, 0.15) is 15.4 Å². The van der Waals surface area contributed by atoms with E-state index in [0.29, 0.717) is 15.8 Å². The predicted molar refractivity (Wildman–Crippen MR) is 80.8 cm³/mol. The van der Waals surface area contributed by atoms with E-state index in [4.69, 9.17) is 11.6 Å². The van der Waals surface area contributed by atoms with Crippen LogP contribution in [0.15, 0.2) is 10.7 Å². The number of aliphatic hydroxyl groups is 1. The molecule has 0 fully saturated rings. The number of thiazole rings is 1. The zero-order valence-electron chi connectivity index (χ0n) is 10.7. The molecule has 0 aromatic carbocycles. The van der Waals surface area contributed by atoms with Gasteiger partial charge in [-0.2, -0.15) is 5.10 Å². The molecule has 0 spiro atoms. The first-order valence-corrected chi connectivity index (χ1v) is 8.08. The molecule has 1 N–H and O–H groups in total. The van der Waals surface area contributed by atoms with Gasteiger partial charge in [0, 0.05) is 13.0 Å². The number of halogens is 2. The summed E-state index contributed by atoms with van der Waals surface area (Å²) >= 11 is 10.7. The van der Waals surface area contributed by atoms with E-state index in [1.807, 2.05) is 11.6 Å². The van der Waals surface area contributed by atoms with E-state index in [9.17, 15) is 5.11 Å². The van der Waals surface area contributed by atoms with Gasteiger partial charge in [0.2, 0.25) is 0 Å². The van der Waals surface area contributed by atoms with Crippen LogP contribution in [0.25, 0.3) is 0 Å². The van der Waals surface area contributed by atoms with Crippen LogP contribution in [0.4, 0.5) is 0 Å². The van der Waals surface area contributed by atoms with Crippen molar-refractivity contribution in [3.63, 3.8) is 0 Å². The highest BCUT2D eigenvalue weighted by molar-refractivity contribution is 9.10. The van der Waals surface area contributed by atoms with Crippen molar-refractivity contribution >= 4 is 38.9 Å². The van der Waals surface area contributed by atoms with Gasteiger partial charge < -0.3 is 5.11 Å². The van der Waals surface area contributed by atoms with E-state index in [2.05, 4.69) is 32.9 Å². The number of rotatable bonds is 5. The quantitative estimate of drug-likeness (QED) is 0.881. The lowest BCUT2D eigenvalue weighted by atomic mass is 10.2.